The topological polar surface area (TPSA) is 37.3 Å². The van der Waals surface area contributed by atoms with E-state index in [2.05, 4.69) is 19.8 Å². The summed E-state index contributed by atoms with van der Waals surface area (Å²) in [5.74, 6) is 4.93. The molecule has 0 aliphatic heterocycles. The van der Waals surface area contributed by atoms with Crippen molar-refractivity contribution in [3.05, 3.63) is 11.6 Å². The minimum atomic E-state index is -0.914. The van der Waals surface area contributed by atoms with Crippen molar-refractivity contribution in [1.29, 1.82) is 0 Å². The van der Waals surface area contributed by atoms with E-state index in [0.717, 1.165) is 38.5 Å². The van der Waals surface area contributed by atoms with Crippen LogP contribution in [0.4, 0.5) is 0 Å². The molecule has 0 heterocycles. The highest BCUT2D eigenvalue weighted by Crippen LogP contribution is 2.67. The zero-order chi connectivity index (χ0) is 16.5. The molecule has 0 amide bonds. The summed E-state index contributed by atoms with van der Waals surface area (Å²) in [7, 11) is 0. The largest absolute Gasteiger partial charge is 0.377 e. The molecule has 0 saturated heterocycles. The van der Waals surface area contributed by atoms with E-state index < -0.39 is 5.60 Å². The molecule has 0 aromatic carbocycles. The lowest BCUT2D eigenvalue weighted by Crippen LogP contribution is -2.54. The van der Waals surface area contributed by atoms with Crippen LogP contribution in [0.5, 0.6) is 0 Å². The molecule has 4 aliphatic rings. The molecule has 1 N–H and O–H groups in total. The predicted octanol–water partition coefficient (Wildman–Crippen LogP) is 3.88. The monoisotopic (exact) mass is 312 g/mol. The van der Waals surface area contributed by atoms with Crippen molar-refractivity contribution in [3.8, 4) is 12.3 Å². The number of carbonyl (C=O) groups excluding carboxylic acids is 1. The first-order valence-corrected chi connectivity index (χ1v) is 9.28. The Morgan fingerprint density at radius 1 is 1.13 bits per heavy atom. The van der Waals surface area contributed by atoms with Gasteiger partial charge in [0.2, 0.25) is 0 Å². The van der Waals surface area contributed by atoms with Gasteiger partial charge in [-0.25, -0.2) is 0 Å². The van der Waals surface area contributed by atoms with E-state index in [1.54, 1.807) is 0 Å². The fourth-order valence-electron chi connectivity index (χ4n) is 6.81. The number of terminal acetylenes is 1. The number of aliphatic hydroxyl groups is 1. The predicted molar refractivity (Wildman–Crippen MR) is 90.5 cm³/mol. The molecule has 1 unspecified atom stereocenters. The molecule has 0 aromatic rings. The van der Waals surface area contributed by atoms with E-state index in [-0.39, 0.29) is 10.8 Å². The number of allylic oxidation sites excluding steroid dienone is 1. The second kappa shape index (κ2) is 4.73. The van der Waals surface area contributed by atoms with Gasteiger partial charge in [0.25, 0.3) is 0 Å². The Labute approximate surface area is 139 Å². The minimum absolute atomic E-state index is 0.120. The van der Waals surface area contributed by atoms with Crippen LogP contribution < -0.4 is 0 Å². The van der Waals surface area contributed by atoms with Crippen LogP contribution in [0.2, 0.25) is 0 Å². The Morgan fingerprint density at radius 2 is 1.87 bits per heavy atom. The molecule has 4 rings (SSSR count). The summed E-state index contributed by atoms with van der Waals surface area (Å²) < 4.78 is 0. The number of carbonyl (C=O) groups is 1. The van der Waals surface area contributed by atoms with Gasteiger partial charge in [0.05, 0.1) is 0 Å². The molecular weight excluding hydrogens is 284 g/mol. The quantitative estimate of drug-likeness (QED) is 0.689. The lowest BCUT2D eigenvalue weighted by Gasteiger charge is -2.58. The van der Waals surface area contributed by atoms with Crippen LogP contribution in [-0.4, -0.2) is 16.5 Å². The van der Waals surface area contributed by atoms with Gasteiger partial charge < -0.3 is 5.11 Å². The first-order chi connectivity index (χ1) is 10.8. The average Bonchev–Trinajstić information content (AvgIpc) is 2.80. The Morgan fingerprint density at radius 3 is 2.61 bits per heavy atom. The molecule has 0 bridgehead atoms. The standard InChI is InChI=1S/C21H28O2/c1-4-21(23)12-9-18-16-6-5-14-13-15(22)7-10-19(14,2)17(16)8-11-20(18,21)3/h1,13,16-18,23H,5-12H2,2-3H3/t16-,17-,18+,19+,20+,21?/m1/s1. The first-order valence-electron chi connectivity index (χ1n) is 9.28. The summed E-state index contributed by atoms with van der Waals surface area (Å²) >= 11 is 0. The highest BCUT2D eigenvalue weighted by Gasteiger charge is 2.63. The molecular formula is C21H28O2. The molecule has 3 fully saturated rings. The normalized spacial score (nSPS) is 52.0. The van der Waals surface area contributed by atoms with Crippen LogP contribution in [0.25, 0.3) is 0 Å². The average molecular weight is 312 g/mol. The molecule has 23 heavy (non-hydrogen) atoms. The molecule has 0 aromatic heterocycles. The third-order valence-corrected chi connectivity index (χ3v) is 8.35. The third-order valence-electron chi connectivity index (χ3n) is 8.35. The number of hydrogen-bond donors (Lipinski definition) is 1. The minimum Gasteiger partial charge on any atom is -0.377 e. The zero-order valence-electron chi connectivity index (χ0n) is 14.4. The zero-order valence-corrected chi connectivity index (χ0v) is 14.4. The third kappa shape index (κ3) is 1.84. The maximum atomic E-state index is 11.8. The second-order valence-electron chi connectivity index (χ2n) is 8.97. The van der Waals surface area contributed by atoms with Crippen molar-refractivity contribution in [2.45, 2.75) is 70.8 Å². The van der Waals surface area contributed by atoms with E-state index in [9.17, 15) is 9.90 Å². The lowest BCUT2D eigenvalue weighted by molar-refractivity contribution is -0.119. The molecule has 124 valence electrons. The van der Waals surface area contributed by atoms with Gasteiger partial charge in [-0.15, -0.1) is 6.42 Å². The van der Waals surface area contributed by atoms with Crippen molar-refractivity contribution < 1.29 is 9.90 Å². The van der Waals surface area contributed by atoms with Gasteiger partial charge in [-0.05, 0) is 74.2 Å². The highest BCUT2D eigenvalue weighted by atomic mass is 16.3. The molecule has 4 aliphatic carbocycles. The molecule has 6 atom stereocenters. The van der Waals surface area contributed by atoms with Crippen LogP contribution in [0, 0.1) is 40.9 Å². The van der Waals surface area contributed by atoms with Gasteiger partial charge in [-0.2, -0.15) is 0 Å². The summed E-state index contributed by atoms with van der Waals surface area (Å²) in [4.78, 5) is 11.8. The molecule has 0 spiro atoms. The SMILES string of the molecule is C#CC1(O)CC[C@H]2[C@@H]3CCC4=CC(=O)CC[C@]4(C)[C@@H]3CC[C@@]21C. The van der Waals surface area contributed by atoms with Crippen molar-refractivity contribution in [2.24, 2.45) is 28.6 Å². The maximum absolute atomic E-state index is 11.8. The maximum Gasteiger partial charge on any atom is 0.155 e. The number of rotatable bonds is 0. The summed E-state index contributed by atoms with van der Waals surface area (Å²) in [5, 5.41) is 11.0. The second-order valence-corrected chi connectivity index (χ2v) is 8.97. The van der Waals surface area contributed by atoms with Crippen molar-refractivity contribution in [3.63, 3.8) is 0 Å². The smallest absolute Gasteiger partial charge is 0.155 e. The van der Waals surface area contributed by atoms with Crippen molar-refractivity contribution in [1.82, 2.24) is 0 Å². The van der Waals surface area contributed by atoms with Crippen LogP contribution in [0.1, 0.15) is 65.2 Å². The number of ketones is 1. The van der Waals surface area contributed by atoms with Gasteiger partial charge >= 0.3 is 0 Å². The fraction of sp³-hybridized carbons (Fsp3) is 0.762. The Bertz CT molecular complexity index is 626. The van der Waals surface area contributed by atoms with E-state index in [1.165, 1.54) is 12.0 Å². The van der Waals surface area contributed by atoms with Crippen molar-refractivity contribution >= 4 is 5.78 Å². The van der Waals surface area contributed by atoms with Crippen LogP contribution in [-0.2, 0) is 4.79 Å². The first kappa shape index (κ1) is 15.5. The van der Waals surface area contributed by atoms with Crippen molar-refractivity contribution in [2.75, 3.05) is 0 Å². The van der Waals surface area contributed by atoms with Gasteiger partial charge in [0.15, 0.2) is 5.78 Å². The number of fused-ring (bicyclic) bond motifs is 5. The highest BCUT2D eigenvalue weighted by molar-refractivity contribution is 5.91. The Balaban J connectivity index is 1.70. The summed E-state index contributed by atoms with van der Waals surface area (Å²) in [6, 6.07) is 0. The van der Waals surface area contributed by atoms with Gasteiger partial charge in [-0.1, -0.05) is 25.3 Å². The lowest BCUT2D eigenvalue weighted by atomic mass is 9.46. The fourth-order valence-corrected chi connectivity index (χ4v) is 6.81. The molecule has 0 radical (unpaired) electrons. The Kier molecular flexibility index (Phi) is 3.18. The van der Waals surface area contributed by atoms with E-state index in [4.69, 9.17) is 6.42 Å². The van der Waals surface area contributed by atoms with E-state index >= 15 is 0 Å². The number of hydrogen-bond acceptors (Lipinski definition) is 2. The van der Waals surface area contributed by atoms with Crippen LogP contribution >= 0.6 is 0 Å². The van der Waals surface area contributed by atoms with Crippen LogP contribution in [0.3, 0.4) is 0 Å². The Hall–Kier alpha value is -1.07. The summed E-state index contributed by atoms with van der Waals surface area (Å²) in [6.07, 6.45) is 15.6. The van der Waals surface area contributed by atoms with Gasteiger partial charge in [0, 0.05) is 11.8 Å². The summed E-state index contributed by atoms with van der Waals surface area (Å²) in [6.45, 7) is 4.63. The summed E-state index contributed by atoms with van der Waals surface area (Å²) in [5.41, 5.74) is 0.575. The van der Waals surface area contributed by atoms with E-state index in [0.29, 0.717) is 30.0 Å². The molecule has 2 nitrogen and oxygen atoms in total. The van der Waals surface area contributed by atoms with E-state index in [1.807, 2.05) is 6.08 Å². The van der Waals surface area contributed by atoms with Gasteiger partial charge in [-0.3, -0.25) is 4.79 Å². The molecule has 2 heteroatoms. The van der Waals surface area contributed by atoms with Crippen LogP contribution in [0.15, 0.2) is 11.6 Å². The molecule has 3 saturated carbocycles. The van der Waals surface area contributed by atoms with Gasteiger partial charge in [0.1, 0.15) is 5.60 Å².